The first-order valence-electron chi connectivity index (χ1n) is 42.6. The summed E-state index contributed by atoms with van der Waals surface area (Å²) in [7, 11) is 0. The van der Waals surface area contributed by atoms with Crippen molar-refractivity contribution < 1.29 is 16.5 Å². The van der Waals surface area contributed by atoms with Crippen LogP contribution in [0.4, 0.5) is 11.4 Å². The second-order valence-corrected chi connectivity index (χ2v) is 29.3. The van der Waals surface area contributed by atoms with Gasteiger partial charge in [0, 0.05) is 25.7 Å². The maximum atomic E-state index is 5.68. The standard InChI is InChI=1S/C92H158N2.Ni/c1-5-9-13-17-21-25-29-31-33-35-37-39-41-42-43-44-45-46-48-50-52-54-56-58-62-66-70-74-86-92(94-90-84-78-76-82-88(90)80-72-68-64-60-28-24-20-16-12-8-4)91(93-89-83-77-75-81-87(89)79-71-67-63-59-27-23-19-15-11-7-3)85-73-69-65-61-57-55-53-51-49-47-40-38-36-34-32-30-26-22-18-14-10-6-2;/h73,75-78,81-85H,5-62,65-66,69-72,74,79-80,86H2,1-4H3;/q;+2. The molecule has 0 heterocycles. The molecule has 0 unspecified atom stereocenters. The Bertz CT molecular complexity index is 2120. The molecule has 95 heavy (non-hydrogen) atoms. The number of nitrogens with zero attached hydrogens (tertiary/aromatic N) is 2. The Morgan fingerprint density at radius 1 is 0.274 bits per heavy atom. The first-order valence-corrected chi connectivity index (χ1v) is 42.6. The van der Waals surface area contributed by atoms with Crippen LogP contribution in [0.25, 0.3) is 0 Å². The number of aryl methyl sites for hydroxylation is 2. The van der Waals surface area contributed by atoms with Crippen LogP contribution in [0.15, 0.2) is 70.7 Å². The Kier molecular flexibility index (Phi) is 71.5. The van der Waals surface area contributed by atoms with Gasteiger partial charge in [0.1, 0.15) is 0 Å². The van der Waals surface area contributed by atoms with Crippen molar-refractivity contribution in [3.8, 4) is 23.7 Å². The maximum Gasteiger partial charge on any atom is 2.00 e. The summed E-state index contributed by atoms with van der Waals surface area (Å²) in [6.07, 6.45) is 96.5. The minimum absolute atomic E-state index is 0. The van der Waals surface area contributed by atoms with Gasteiger partial charge in [0.25, 0.3) is 0 Å². The number of hydrogen-bond donors (Lipinski definition) is 0. The Balaban J connectivity index is 0.0000451. The summed E-state index contributed by atoms with van der Waals surface area (Å²) in [4.78, 5) is 11.3. The van der Waals surface area contributed by atoms with Crippen molar-refractivity contribution in [2.75, 3.05) is 0 Å². The molecular formula is C92H158N2Ni+2. The predicted octanol–water partition coefficient (Wildman–Crippen LogP) is 32.0. The van der Waals surface area contributed by atoms with E-state index in [9.17, 15) is 0 Å². The quantitative estimate of drug-likeness (QED) is 0.0273. The van der Waals surface area contributed by atoms with Crippen LogP contribution in [0.5, 0.6) is 0 Å². The molecule has 3 heteroatoms. The summed E-state index contributed by atoms with van der Waals surface area (Å²) in [5, 5.41) is 0. The van der Waals surface area contributed by atoms with E-state index in [1.807, 2.05) is 0 Å². The van der Waals surface area contributed by atoms with Crippen LogP contribution in [0, 0.1) is 23.7 Å². The zero-order chi connectivity index (χ0) is 66.9. The molecule has 544 valence electrons. The molecule has 2 aromatic carbocycles. The van der Waals surface area contributed by atoms with E-state index in [4.69, 9.17) is 9.98 Å². The van der Waals surface area contributed by atoms with Crippen LogP contribution in [-0.4, -0.2) is 11.4 Å². The summed E-state index contributed by atoms with van der Waals surface area (Å²) in [6, 6.07) is 17.8. The third-order valence-electron chi connectivity index (χ3n) is 20.1. The minimum atomic E-state index is 0. The fraction of sp³-hybridized carbons (Fsp3) is 0.783. The molecule has 0 amide bonds. The van der Waals surface area contributed by atoms with E-state index in [1.165, 1.54) is 390 Å². The topological polar surface area (TPSA) is 24.7 Å². The van der Waals surface area contributed by atoms with Gasteiger partial charge < -0.3 is 0 Å². The van der Waals surface area contributed by atoms with Gasteiger partial charge in [0.05, 0.1) is 22.8 Å². The molecule has 0 bridgehead atoms. The molecule has 0 saturated carbocycles. The number of para-hydroxylation sites is 2. The number of aliphatic imine (C=N–C) groups is 2. The number of benzene rings is 2. The predicted molar refractivity (Wildman–Crippen MR) is 427 cm³/mol. The third-order valence-corrected chi connectivity index (χ3v) is 20.1. The average Bonchev–Trinajstić information content (AvgIpc) is 1.05. The summed E-state index contributed by atoms with van der Waals surface area (Å²) in [5.41, 5.74) is 6.96. The molecule has 0 radical (unpaired) electrons. The molecule has 2 nitrogen and oxygen atoms in total. The van der Waals surface area contributed by atoms with Gasteiger partial charge >= 0.3 is 16.5 Å². The van der Waals surface area contributed by atoms with Gasteiger partial charge in [-0.15, -0.1) is 23.7 Å². The molecule has 0 aliphatic rings. The van der Waals surface area contributed by atoms with Crippen LogP contribution in [0.3, 0.4) is 0 Å². The molecule has 0 aliphatic heterocycles. The third kappa shape index (κ3) is 60.8. The second kappa shape index (κ2) is 75.3. The van der Waals surface area contributed by atoms with Crippen LogP contribution in [0.2, 0.25) is 0 Å². The van der Waals surface area contributed by atoms with Crippen molar-refractivity contribution in [1.29, 1.82) is 0 Å². The van der Waals surface area contributed by atoms with E-state index in [0.717, 1.165) is 80.6 Å². The zero-order valence-electron chi connectivity index (χ0n) is 64.1. The summed E-state index contributed by atoms with van der Waals surface area (Å²) in [6.45, 7) is 9.23. The van der Waals surface area contributed by atoms with Crippen molar-refractivity contribution in [2.24, 2.45) is 9.98 Å². The van der Waals surface area contributed by atoms with Crippen molar-refractivity contribution in [3.63, 3.8) is 0 Å². The van der Waals surface area contributed by atoms with Crippen molar-refractivity contribution >= 4 is 22.8 Å². The first kappa shape index (κ1) is 90.1. The second-order valence-electron chi connectivity index (χ2n) is 29.3. The summed E-state index contributed by atoms with van der Waals surface area (Å²) >= 11 is 0. The normalized spacial score (nSPS) is 11.7. The van der Waals surface area contributed by atoms with Gasteiger partial charge in [-0.25, -0.2) is 4.99 Å². The molecule has 0 saturated heterocycles. The van der Waals surface area contributed by atoms with Gasteiger partial charge in [0.15, 0.2) is 0 Å². The van der Waals surface area contributed by atoms with E-state index in [1.54, 1.807) is 0 Å². The molecule has 0 fully saturated rings. The maximum absolute atomic E-state index is 5.68. The number of rotatable bonds is 70. The number of hydrogen-bond acceptors (Lipinski definition) is 2. The molecule has 0 spiro atoms. The SMILES string of the molecule is CCCCCCCCC#CCCc1ccccc1N=C(C=CCCCCCCCCCCCCCCCCCCCCCC)C(CCCCCCCCCCCCCCCCCCCCCCCCCCCCCC)=Nc1ccccc1CCC#CCCCCCCCC.[Ni+2]. The molecule has 0 atom stereocenters. The van der Waals surface area contributed by atoms with Crippen molar-refractivity contribution in [3.05, 3.63) is 71.8 Å². The largest absolute Gasteiger partial charge is 2.00 e. The van der Waals surface area contributed by atoms with E-state index in [-0.39, 0.29) is 16.5 Å². The van der Waals surface area contributed by atoms with E-state index >= 15 is 0 Å². The minimum Gasteiger partial charge on any atom is -0.251 e. The van der Waals surface area contributed by atoms with E-state index in [0.29, 0.717) is 0 Å². The van der Waals surface area contributed by atoms with E-state index < -0.39 is 0 Å². The molecule has 0 N–H and O–H groups in total. The van der Waals surface area contributed by atoms with Crippen LogP contribution in [-0.2, 0) is 29.3 Å². The molecule has 2 aromatic rings. The number of unbranched alkanes of at least 4 members (excludes halogenated alkanes) is 59. The Hall–Kier alpha value is -2.87. The van der Waals surface area contributed by atoms with Gasteiger partial charge in [-0.1, -0.05) is 430 Å². The first-order chi connectivity index (χ1) is 46.7. The monoisotopic (exact) mass is 1350 g/mol. The van der Waals surface area contributed by atoms with Crippen LogP contribution >= 0.6 is 0 Å². The average molecular weight is 1350 g/mol. The van der Waals surface area contributed by atoms with Gasteiger partial charge in [0.2, 0.25) is 0 Å². The Morgan fingerprint density at radius 3 is 0.821 bits per heavy atom. The summed E-state index contributed by atoms with van der Waals surface area (Å²) < 4.78 is 0. The molecular weight excluding hydrogens is 1190 g/mol. The van der Waals surface area contributed by atoms with Gasteiger partial charge in [-0.2, -0.15) is 0 Å². The van der Waals surface area contributed by atoms with Gasteiger partial charge in [-0.05, 0) is 80.7 Å². The van der Waals surface area contributed by atoms with Crippen LogP contribution < -0.4 is 0 Å². The smallest absolute Gasteiger partial charge is 0.251 e. The van der Waals surface area contributed by atoms with Crippen molar-refractivity contribution in [2.45, 2.75) is 464 Å². The Labute approximate surface area is 605 Å². The zero-order valence-corrected chi connectivity index (χ0v) is 65.1. The molecule has 0 aromatic heterocycles. The Morgan fingerprint density at radius 2 is 0.516 bits per heavy atom. The van der Waals surface area contributed by atoms with Gasteiger partial charge in [-0.3, -0.25) is 4.99 Å². The molecule has 0 aliphatic carbocycles. The van der Waals surface area contributed by atoms with E-state index in [2.05, 4.69) is 112 Å². The van der Waals surface area contributed by atoms with Crippen LogP contribution in [0.1, 0.15) is 463 Å². The number of allylic oxidation sites excluding steroid dienone is 2. The molecule has 2 rings (SSSR count). The fourth-order valence-electron chi connectivity index (χ4n) is 13.8. The summed E-state index contributed by atoms with van der Waals surface area (Å²) in [5.74, 6) is 14.2. The fourth-order valence-corrected chi connectivity index (χ4v) is 13.8. The van der Waals surface area contributed by atoms with Crippen molar-refractivity contribution in [1.82, 2.24) is 0 Å².